The Morgan fingerprint density at radius 2 is 1.78 bits per heavy atom. The van der Waals surface area contributed by atoms with Crippen molar-refractivity contribution in [3.05, 3.63) is 77.1 Å². The molecule has 2 N–H and O–H groups in total. The Morgan fingerprint density at radius 1 is 1.04 bits per heavy atom. The summed E-state index contributed by atoms with van der Waals surface area (Å²) in [5.41, 5.74) is 4.72. The predicted octanol–water partition coefficient (Wildman–Crippen LogP) is 5.11. The molecule has 27 heavy (non-hydrogen) atoms. The molecule has 5 nitrogen and oxygen atoms in total. The average Bonchev–Trinajstić information content (AvgIpc) is 2.66. The highest BCUT2D eigenvalue weighted by atomic mass is 35.5. The number of nitrogens with zero attached hydrogens (tertiary/aromatic N) is 2. The van der Waals surface area contributed by atoms with E-state index in [9.17, 15) is 4.79 Å². The van der Waals surface area contributed by atoms with Gasteiger partial charge in [0.25, 0.3) is 5.91 Å². The van der Waals surface area contributed by atoms with Crippen LogP contribution in [-0.4, -0.2) is 25.0 Å². The Balaban J connectivity index is 1.74. The van der Waals surface area contributed by atoms with E-state index in [0.717, 1.165) is 28.3 Å². The van der Waals surface area contributed by atoms with Crippen LogP contribution in [0, 0.1) is 6.92 Å². The van der Waals surface area contributed by atoms with Crippen LogP contribution in [0.25, 0.3) is 0 Å². The Bertz CT molecular complexity index is 955. The maximum atomic E-state index is 12.5. The predicted molar refractivity (Wildman–Crippen MR) is 112 cm³/mol. The van der Waals surface area contributed by atoms with Crippen molar-refractivity contribution in [2.45, 2.75) is 6.92 Å². The molecule has 0 radical (unpaired) electrons. The number of carbonyl (C=O) groups excluding carboxylic acids is 1. The van der Waals surface area contributed by atoms with Crippen LogP contribution in [-0.2, 0) is 0 Å². The number of amides is 1. The van der Waals surface area contributed by atoms with Crippen molar-refractivity contribution in [1.82, 2.24) is 4.98 Å². The highest BCUT2D eigenvalue weighted by molar-refractivity contribution is 6.31. The third-order valence-corrected chi connectivity index (χ3v) is 4.59. The van der Waals surface area contributed by atoms with E-state index in [-0.39, 0.29) is 5.91 Å². The fourth-order valence-corrected chi connectivity index (χ4v) is 2.74. The van der Waals surface area contributed by atoms with Crippen molar-refractivity contribution in [2.24, 2.45) is 0 Å². The van der Waals surface area contributed by atoms with Gasteiger partial charge in [0, 0.05) is 48.1 Å². The van der Waals surface area contributed by atoms with Gasteiger partial charge in [-0.25, -0.2) is 0 Å². The minimum atomic E-state index is -0.265. The lowest BCUT2D eigenvalue weighted by molar-refractivity contribution is 0.102. The van der Waals surface area contributed by atoms with E-state index in [1.807, 2.05) is 74.4 Å². The van der Waals surface area contributed by atoms with Gasteiger partial charge in [0.2, 0.25) is 0 Å². The monoisotopic (exact) mass is 380 g/mol. The Kier molecular flexibility index (Phi) is 5.62. The average molecular weight is 381 g/mol. The van der Waals surface area contributed by atoms with Gasteiger partial charge in [-0.1, -0.05) is 17.7 Å². The lowest BCUT2D eigenvalue weighted by Crippen LogP contribution is -2.14. The van der Waals surface area contributed by atoms with E-state index in [4.69, 9.17) is 11.6 Å². The van der Waals surface area contributed by atoms with E-state index >= 15 is 0 Å². The van der Waals surface area contributed by atoms with Crippen molar-refractivity contribution < 1.29 is 4.79 Å². The van der Waals surface area contributed by atoms with Gasteiger partial charge in [-0.05, 0) is 61.0 Å². The van der Waals surface area contributed by atoms with Crippen molar-refractivity contribution in [1.29, 1.82) is 0 Å². The highest BCUT2D eigenvalue weighted by Gasteiger charge is 2.10. The fourth-order valence-electron chi connectivity index (χ4n) is 2.57. The van der Waals surface area contributed by atoms with Crippen LogP contribution in [0.5, 0.6) is 0 Å². The maximum Gasteiger partial charge on any atom is 0.274 e. The zero-order chi connectivity index (χ0) is 19.4. The number of hydrogen-bond acceptors (Lipinski definition) is 4. The molecule has 0 aliphatic heterocycles. The second kappa shape index (κ2) is 8.10. The standard InChI is InChI=1S/C21H21ClN4O/c1-14-18(22)5-4-6-19(14)24-16-11-12-23-20(13-16)21(27)25-15-7-9-17(10-8-15)26(2)3/h4-13H,1-3H3,(H,23,24)(H,25,27). The lowest BCUT2D eigenvalue weighted by Gasteiger charge is -2.13. The normalized spacial score (nSPS) is 10.4. The third kappa shape index (κ3) is 4.57. The molecule has 3 rings (SSSR count). The Morgan fingerprint density at radius 3 is 2.48 bits per heavy atom. The van der Waals surface area contributed by atoms with Crippen LogP contribution < -0.4 is 15.5 Å². The molecule has 138 valence electrons. The molecule has 1 heterocycles. The Labute approximate surface area is 164 Å². The molecule has 0 bridgehead atoms. The smallest absolute Gasteiger partial charge is 0.274 e. The SMILES string of the molecule is Cc1c(Cl)cccc1Nc1ccnc(C(=O)Nc2ccc(N(C)C)cc2)c1. The molecule has 0 unspecified atom stereocenters. The van der Waals surface area contributed by atoms with Gasteiger partial charge in [0.05, 0.1) is 0 Å². The summed E-state index contributed by atoms with van der Waals surface area (Å²) < 4.78 is 0. The number of hydrogen-bond donors (Lipinski definition) is 2. The first kappa shape index (κ1) is 18.7. The largest absolute Gasteiger partial charge is 0.378 e. The number of carbonyl (C=O) groups is 1. The van der Waals surface area contributed by atoms with Crippen molar-refractivity contribution in [3.63, 3.8) is 0 Å². The minimum absolute atomic E-state index is 0.265. The molecule has 0 saturated heterocycles. The summed E-state index contributed by atoms with van der Waals surface area (Å²) in [6.45, 7) is 1.94. The molecule has 0 aliphatic rings. The summed E-state index contributed by atoms with van der Waals surface area (Å²) in [6.07, 6.45) is 1.60. The van der Waals surface area contributed by atoms with Crippen LogP contribution in [0.1, 0.15) is 16.1 Å². The maximum absolute atomic E-state index is 12.5. The van der Waals surface area contributed by atoms with Gasteiger partial charge in [-0.2, -0.15) is 0 Å². The number of anilines is 4. The van der Waals surface area contributed by atoms with Crippen LogP contribution in [0.3, 0.4) is 0 Å². The minimum Gasteiger partial charge on any atom is -0.378 e. The van der Waals surface area contributed by atoms with Crippen LogP contribution in [0.4, 0.5) is 22.7 Å². The molecule has 0 spiro atoms. The summed E-state index contributed by atoms with van der Waals surface area (Å²) >= 11 is 6.16. The first-order valence-electron chi connectivity index (χ1n) is 8.51. The molecule has 0 fully saturated rings. The second-order valence-electron chi connectivity index (χ2n) is 6.36. The van der Waals surface area contributed by atoms with E-state index in [0.29, 0.717) is 10.7 Å². The van der Waals surface area contributed by atoms with Gasteiger partial charge in [-0.15, -0.1) is 0 Å². The fraction of sp³-hybridized carbons (Fsp3) is 0.143. The van der Waals surface area contributed by atoms with Gasteiger partial charge in [-0.3, -0.25) is 9.78 Å². The van der Waals surface area contributed by atoms with Gasteiger partial charge < -0.3 is 15.5 Å². The molecule has 0 saturated carbocycles. The molecular weight excluding hydrogens is 360 g/mol. The molecule has 2 aromatic carbocycles. The third-order valence-electron chi connectivity index (χ3n) is 4.18. The topological polar surface area (TPSA) is 57.3 Å². The molecule has 1 amide bonds. The van der Waals surface area contributed by atoms with Gasteiger partial charge in [0.15, 0.2) is 0 Å². The number of aromatic nitrogens is 1. The second-order valence-corrected chi connectivity index (χ2v) is 6.77. The number of halogens is 1. The first-order valence-corrected chi connectivity index (χ1v) is 8.89. The summed E-state index contributed by atoms with van der Waals surface area (Å²) in [4.78, 5) is 18.7. The van der Waals surface area contributed by atoms with Gasteiger partial charge >= 0.3 is 0 Å². The zero-order valence-corrected chi connectivity index (χ0v) is 16.2. The van der Waals surface area contributed by atoms with Crippen LogP contribution >= 0.6 is 11.6 Å². The quantitative estimate of drug-likeness (QED) is 0.646. The van der Waals surface area contributed by atoms with E-state index in [1.165, 1.54) is 0 Å². The van der Waals surface area contributed by atoms with Crippen molar-refractivity contribution in [3.8, 4) is 0 Å². The number of rotatable bonds is 5. The van der Waals surface area contributed by atoms with E-state index in [1.54, 1.807) is 12.3 Å². The number of pyridine rings is 1. The molecule has 3 aromatic rings. The number of nitrogens with one attached hydrogen (secondary N) is 2. The van der Waals surface area contributed by atoms with Gasteiger partial charge in [0.1, 0.15) is 5.69 Å². The summed E-state index contributed by atoms with van der Waals surface area (Å²) in [7, 11) is 3.94. The summed E-state index contributed by atoms with van der Waals surface area (Å²) in [5.74, 6) is -0.265. The molecule has 1 aromatic heterocycles. The number of benzene rings is 2. The lowest BCUT2D eigenvalue weighted by atomic mass is 10.2. The van der Waals surface area contributed by atoms with E-state index < -0.39 is 0 Å². The molecule has 0 atom stereocenters. The zero-order valence-electron chi connectivity index (χ0n) is 15.5. The van der Waals surface area contributed by atoms with Crippen LogP contribution in [0.2, 0.25) is 5.02 Å². The highest BCUT2D eigenvalue weighted by Crippen LogP contribution is 2.26. The Hall–Kier alpha value is -3.05. The van der Waals surface area contributed by atoms with Crippen molar-refractivity contribution >= 4 is 40.3 Å². The van der Waals surface area contributed by atoms with E-state index in [2.05, 4.69) is 15.6 Å². The van der Waals surface area contributed by atoms with Crippen LogP contribution in [0.15, 0.2) is 60.8 Å². The molecule has 0 aliphatic carbocycles. The van der Waals surface area contributed by atoms with Crippen molar-refractivity contribution in [2.75, 3.05) is 29.6 Å². The summed E-state index contributed by atoms with van der Waals surface area (Å²) in [5, 5.41) is 6.84. The summed E-state index contributed by atoms with van der Waals surface area (Å²) in [6, 6.07) is 16.8. The first-order chi connectivity index (χ1) is 12.9. The molecule has 6 heteroatoms. The molecular formula is C21H21ClN4O.